The third kappa shape index (κ3) is 4.85. The summed E-state index contributed by atoms with van der Waals surface area (Å²) in [6.45, 7) is 2.29. The van der Waals surface area contributed by atoms with Gasteiger partial charge in [-0.1, -0.05) is 19.4 Å². The van der Waals surface area contributed by atoms with E-state index in [4.69, 9.17) is 5.11 Å². The van der Waals surface area contributed by atoms with E-state index in [1.807, 2.05) is 6.92 Å². The van der Waals surface area contributed by atoms with Gasteiger partial charge in [-0.3, -0.25) is 4.79 Å². The van der Waals surface area contributed by atoms with Gasteiger partial charge in [-0.15, -0.1) is 0 Å². The Labute approximate surface area is 115 Å². The number of carbonyl (C=O) groups is 1. The molecular formula is C14H18F3NO2. The molecule has 0 heterocycles. The average Bonchev–Trinajstić information content (AvgIpc) is 2.42. The van der Waals surface area contributed by atoms with E-state index in [0.29, 0.717) is 13.0 Å². The first-order valence-electron chi connectivity index (χ1n) is 6.44. The van der Waals surface area contributed by atoms with Gasteiger partial charge in [0.2, 0.25) is 0 Å². The number of rotatable bonds is 6. The molecule has 1 aromatic rings. The van der Waals surface area contributed by atoms with E-state index in [2.05, 4.69) is 5.32 Å². The van der Waals surface area contributed by atoms with Crippen LogP contribution in [0.3, 0.4) is 0 Å². The lowest BCUT2D eigenvalue weighted by Gasteiger charge is -2.14. The molecule has 0 aliphatic rings. The summed E-state index contributed by atoms with van der Waals surface area (Å²) in [5.41, 5.74) is -0.855. The molecule has 2 N–H and O–H groups in total. The number of amides is 1. The van der Waals surface area contributed by atoms with Crippen molar-refractivity contribution in [3.05, 3.63) is 35.4 Å². The number of aliphatic hydroxyl groups excluding tert-OH is 1. The summed E-state index contributed by atoms with van der Waals surface area (Å²) in [7, 11) is 0. The van der Waals surface area contributed by atoms with Crippen LogP contribution in [-0.2, 0) is 6.18 Å². The van der Waals surface area contributed by atoms with Crippen LogP contribution in [-0.4, -0.2) is 24.2 Å². The molecule has 1 atom stereocenters. The minimum atomic E-state index is -4.46. The van der Waals surface area contributed by atoms with E-state index in [1.165, 1.54) is 12.1 Å². The molecule has 6 heteroatoms. The molecule has 20 heavy (non-hydrogen) atoms. The van der Waals surface area contributed by atoms with Crippen molar-refractivity contribution in [2.75, 3.05) is 13.2 Å². The number of benzene rings is 1. The van der Waals surface area contributed by atoms with Gasteiger partial charge in [0, 0.05) is 18.7 Å². The molecule has 3 nitrogen and oxygen atoms in total. The Kier molecular flexibility index (Phi) is 6.01. The predicted octanol–water partition coefficient (Wildman–Crippen LogP) is 2.84. The number of alkyl halides is 3. The van der Waals surface area contributed by atoms with Crippen LogP contribution in [0.5, 0.6) is 0 Å². The summed E-state index contributed by atoms with van der Waals surface area (Å²) >= 11 is 0. The highest BCUT2D eigenvalue weighted by Gasteiger charge is 2.30. The Balaban J connectivity index is 2.68. The largest absolute Gasteiger partial charge is 0.416 e. The standard InChI is InChI=1S/C14H18F3NO2/c1-2-10(6-7-19)9-18-13(20)11-4-3-5-12(8-11)14(15,16)17/h3-5,8,10,19H,2,6-7,9H2,1H3,(H,18,20). The molecular weight excluding hydrogens is 271 g/mol. The Morgan fingerprint density at radius 1 is 1.40 bits per heavy atom. The quantitative estimate of drug-likeness (QED) is 0.846. The highest BCUT2D eigenvalue weighted by atomic mass is 19.4. The van der Waals surface area contributed by atoms with E-state index >= 15 is 0 Å². The highest BCUT2D eigenvalue weighted by molar-refractivity contribution is 5.94. The Morgan fingerprint density at radius 3 is 2.65 bits per heavy atom. The minimum Gasteiger partial charge on any atom is -0.396 e. The first kappa shape index (κ1) is 16.5. The van der Waals surface area contributed by atoms with Crippen LogP contribution in [0.15, 0.2) is 24.3 Å². The van der Waals surface area contributed by atoms with Gasteiger partial charge in [0.25, 0.3) is 5.91 Å². The first-order chi connectivity index (χ1) is 9.38. The zero-order valence-corrected chi connectivity index (χ0v) is 11.2. The summed E-state index contributed by atoms with van der Waals surface area (Å²) in [4.78, 5) is 11.8. The Morgan fingerprint density at radius 2 is 2.10 bits per heavy atom. The maximum Gasteiger partial charge on any atom is 0.416 e. The molecule has 1 aromatic carbocycles. The maximum atomic E-state index is 12.5. The third-order valence-corrected chi connectivity index (χ3v) is 3.12. The number of aliphatic hydroxyl groups is 1. The number of hydrogen-bond donors (Lipinski definition) is 2. The second-order valence-electron chi connectivity index (χ2n) is 4.58. The first-order valence-corrected chi connectivity index (χ1v) is 6.44. The van der Waals surface area contributed by atoms with Crippen LogP contribution in [0.25, 0.3) is 0 Å². The molecule has 0 bridgehead atoms. The molecule has 0 aliphatic carbocycles. The topological polar surface area (TPSA) is 49.3 Å². The number of hydrogen-bond acceptors (Lipinski definition) is 2. The monoisotopic (exact) mass is 289 g/mol. The fraction of sp³-hybridized carbons (Fsp3) is 0.500. The smallest absolute Gasteiger partial charge is 0.396 e. The lowest BCUT2D eigenvalue weighted by atomic mass is 10.0. The van der Waals surface area contributed by atoms with E-state index in [1.54, 1.807) is 0 Å². The van der Waals surface area contributed by atoms with Crippen molar-refractivity contribution in [3.63, 3.8) is 0 Å². The SMILES string of the molecule is CCC(CCO)CNC(=O)c1cccc(C(F)(F)F)c1. The molecule has 0 radical (unpaired) electrons. The van der Waals surface area contributed by atoms with Crippen LogP contribution < -0.4 is 5.32 Å². The summed E-state index contributed by atoms with van der Waals surface area (Å²) in [6.07, 6.45) is -3.12. The summed E-state index contributed by atoms with van der Waals surface area (Å²) in [5, 5.41) is 11.4. The van der Waals surface area contributed by atoms with Gasteiger partial charge < -0.3 is 10.4 Å². The average molecular weight is 289 g/mol. The molecule has 0 spiro atoms. The lowest BCUT2D eigenvalue weighted by Crippen LogP contribution is -2.29. The molecule has 0 saturated heterocycles. The number of halogens is 3. The van der Waals surface area contributed by atoms with Crippen molar-refractivity contribution in [2.24, 2.45) is 5.92 Å². The van der Waals surface area contributed by atoms with Gasteiger partial charge >= 0.3 is 6.18 Å². The van der Waals surface area contributed by atoms with Crippen molar-refractivity contribution >= 4 is 5.91 Å². The number of carbonyl (C=O) groups excluding carboxylic acids is 1. The number of nitrogens with one attached hydrogen (secondary N) is 1. The Bertz CT molecular complexity index is 446. The molecule has 1 rings (SSSR count). The fourth-order valence-electron chi connectivity index (χ4n) is 1.81. The van der Waals surface area contributed by atoms with Crippen molar-refractivity contribution in [1.82, 2.24) is 5.32 Å². The van der Waals surface area contributed by atoms with Crippen LogP contribution in [0.1, 0.15) is 35.7 Å². The minimum absolute atomic E-state index is 0.0151. The van der Waals surface area contributed by atoms with Gasteiger partial charge in [0.1, 0.15) is 0 Å². The second kappa shape index (κ2) is 7.28. The van der Waals surface area contributed by atoms with Gasteiger partial charge in [0.05, 0.1) is 5.56 Å². The van der Waals surface area contributed by atoms with E-state index in [9.17, 15) is 18.0 Å². The summed E-state index contributed by atoms with van der Waals surface area (Å²) in [6, 6.07) is 4.32. The molecule has 1 amide bonds. The van der Waals surface area contributed by atoms with Crippen LogP contribution >= 0.6 is 0 Å². The molecule has 1 unspecified atom stereocenters. The van der Waals surface area contributed by atoms with Crippen molar-refractivity contribution < 1.29 is 23.1 Å². The van der Waals surface area contributed by atoms with Crippen molar-refractivity contribution in [1.29, 1.82) is 0 Å². The van der Waals surface area contributed by atoms with Gasteiger partial charge in [-0.2, -0.15) is 13.2 Å². The molecule has 0 saturated carbocycles. The predicted molar refractivity (Wildman–Crippen MR) is 69.3 cm³/mol. The third-order valence-electron chi connectivity index (χ3n) is 3.12. The van der Waals surface area contributed by atoms with Crippen LogP contribution in [0.4, 0.5) is 13.2 Å². The van der Waals surface area contributed by atoms with Crippen molar-refractivity contribution in [2.45, 2.75) is 25.9 Å². The normalized spacial score (nSPS) is 13.1. The van der Waals surface area contributed by atoms with Gasteiger partial charge in [0.15, 0.2) is 0 Å². The summed E-state index contributed by atoms with van der Waals surface area (Å²) < 4.78 is 37.6. The zero-order valence-electron chi connectivity index (χ0n) is 11.2. The van der Waals surface area contributed by atoms with Crippen molar-refractivity contribution in [3.8, 4) is 0 Å². The molecule has 112 valence electrons. The van der Waals surface area contributed by atoms with Gasteiger partial charge in [-0.25, -0.2) is 0 Å². The summed E-state index contributed by atoms with van der Waals surface area (Å²) in [5.74, 6) is -0.415. The van der Waals surface area contributed by atoms with E-state index in [0.717, 1.165) is 18.6 Å². The van der Waals surface area contributed by atoms with E-state index < -0.39 is 17.6 Å². The van der Waals surface area contributed by atoms with Crippen LogP contribution in [0.2, 0.25) is 0 Å². The second-order valence-corrected chi connectivity index (χ2v) is 4.58. The molecule has 0 fully saturated rings. The zero-order chi connectivity index (χ0) is 15.2. The van der Waals surface area contributed by atoms with Crippen LogP contribution in [0, 0.1) is 5.92 Å². The molecule has 0 aromatic heterocycles. The molecule has 0 aliphatic heterocycles. The lowest BCUT2D eigenvalue weighted by molar-refractivity contribution is -0.137. The highest BCUT2D eigenvalue weighted by Crippen LogP contribution is 2.29. The fourth-order valence-corrected chi connectivity index (χ4v) is 1.81. The Hall–Kier alpha value is -1.56. The van der Waals surface area contributed by atoms with E-state index in [-0.39, 0.29) is 18.1 Å². The maximum absolute atomic E-state index is 12.5. The van der Waals surface area contributed by atoms with Gasteiger partial charge in [-0.05, 0) is 30.5 Å².